The third kappa shape index (κ3) is 4.02. The van der Waals surface area contributed by atoms with Crippen LogP contribution in [-0.2, 0) is 4.79 Å². The molecular formula is C17H19ClN2OS. The summed E-state index contributed by atoms with van der Waals surface area (Å²) in [5.74, 6) is -0.0539. The lowest BCUT2D eigenvalue weighted by Crippen LogP contribution is -2.23. The topological polar surface area (TPSA) is 42.0 Å². The summed E-state index contributed by atoms with van der Waals surface area (Å²) in [7, 11) is 0. The van der Waals surface area contributed by atoms with Crippen LogP contribution < -0.4 is 5.32 Å². The molecule has 0 saturated heterocycles. The molecule has 2 rings (SSSR count). The van der Waals surface area contributed by atoms with Gasteiger partial charge in [0.15, 0.2) is 0 Å². The molecule has 0 radical (unpaired) electrons. The summed E-state index contributed by atoms with van der Waals surface area (Å²) >= 11 is 7.44. The number of pyridine rings is 1. The number of halogens is 1. The van der Waals surface area contributed by atoms with Crippen molar-refractivity contribution in [3.05, 3.63) is 52.2 Å². The van der Waals surface area contributed by atoms with E-state index in [-0.39, 0.29) is 11.2 Å². The lowest BCUT2D eigenvalue weighted by Gasteiger charge is -2.16. The van der Waals surface area contributed by atoms with Gasteiger partial charge in [-0.1, -0.05) is 41.1 Å². The van der Waals surface area contributed by atoms with Gasteiger partial charge >= 0.3 is 0 Å². The first-order valence-corrected chi connectivity index (χ1v) is 8.30. The van der Waals surface area contributed by atoms with Gasteiger partial charge in [-0.15, -0.1) is 0 Å². The lowest BCUT2D eigenvalue weighted by molar-refractivity contribution is -0.115. The number of anilines is 1. The standard InChI is InChI=1S/C17H19ClN2OS/c1-10-8-11(2)15(12(3)9-10)20-16(21)13(4)22-17-14(18)6-5-7-19-17/h5-9,13H,1-4H3,(H,20,21). The molecule has 1 aromatic heterocycles. The van der Waals surface area contributed by atoms with Gasteiger partial charge in [-0.2, -0.15) is 0 Å². The Morgan fingerprint density at radius 2 is 1.91 bits per heavy atom. The molecule has 0 fully saturated rings. The third-order valence-corrected chi connectivity index (χ3v) is 4.84. The van der Waals surface area contributed by atoms with Crippen molar-refractivity contribution in [3.8, 4) is 0 Å². The summed E-state index contributed by atoms with van der Waals surface area (Å²) in [6.45, 7) is 7.91. The monoisotopic (exact) mass is 334 g/mol. The van der Waals surface area contributed by atoms with Crippen LogP contribution in [0.25, 0.3) is 0 Å². The Hall–Kier alpha value is -1.52. The highest BCUT2D eigenvalue weighted by atomic mass is 35.5. The number of carbonyl (C=O) groups is 1. The molecule has 0 aliphatic carbocycles. The van der Waals surface area contributed by atoms with E-state index in [9.17, 15) is 4.79 Å². The van der Waals surface area contributed by atoms with Crippen LogP contribution in [-0.4, -0.2) is 16.1 Å². The number of aryl methyl sites for hydroxylation is 3. The van der Waals surface area contributed by atoms with Gasteiger partial charge in [-0.25, -0.2) is 4.98 Å². The van der Waals surface area contributed by atoms with Crippen molar-refractivity contribution in [2.45, 2.75) is 38.0 Å². The van der Waals surface area contributed by atoms with Gasteiger partial charge in [-0.05, 0) is 51.0 Å². The van der Waals surface area contributed by atoms with E-state index >= 15 is 0 Å². The largest absolute Gasteiger partial charge is 0.325 e. The fraction of sp³-hybridized carbons (Fsp3) is 0.294. The maximum Gasteiger partial charge on any atom is 0.237 e. The van der Waals surface area contributed by atoms with Crippen LogP contribution in [0.15, 0.2) is 35.5 Å². The zero-order chi connectivity index (χ0) is 16.3. The van der Waals surface area contributed by atoms with E-state index < -0.39 is 0 Å². The van der Waals surface area contributed by atoms with E-state index in [4.69, 9.17) is 11.6 Å². The normalized spacial score (nSPS) is 12.0. The number of nitrogens with one attached hydrogen (secondary N) is 1. The Balaban J connectivity index is 2.11. The van der Waals surface area contributed by atoms with Gasteiger partial charge in [0, 0.05) is 11.9 Å². The highest BCUT2D eigenvalue weighted by Gasteiger charge is 2.18. The minimum atomic E-state index is -0.285. The van der Waals surface area contributed by atoms with Crippen molar-refractivity contribution in [2.75, 3.05) is 5.32 Å². The summed E-state index contributed by atoms with van der Waals surface area (Å²) in [6.07, 6.45) is 1.67. The molecule has 0 bridgehead atoms. The fourth-order valence-corrected chi connectivity index (χ4v) is 3.34. The predicted molar refractivity (Wildman–Crippen MR) is 93.8 cm³/mol. The minimum absolute atomic E-state index is 0.0539. The van der Waals surface area contributed by atoms with Crippen molar-refractivity contribution in [3.63, 3.8) is 0 Å². The number of thioether (sulfide) groups is 1. The molecule has 0 spiro atoms. The van der Waals surface area contributed by atoms with E-state index in [0.29, 0.717) is 10.0 Å². The van der Waals surface area contributed by atoms with Crippen LogP contribution in [0.5, 0.6) is 0 Å². The molecule has 5 heteroatoms. The van der Waals surface area contributed by atoms with Crippen LogP contribution in [0.2, 0.25) is 5.02 Å². The van der Waals surface area contributed by atoms with E-state index in [0.717, 1.165) is 16.8 Å². The minimum Gasteiger partial charge on any atom is -0.325 e. The highest BCUT2D eigenvalue weighted by Crippen LogP contribution is 2.29. The van der Waals surface area contributed by atoms with Gasteiger partial charge in [0.25, 0.3) is 0 Å². The summed E-state index contributed by atoms with van der Waals surface area (Å²) in [4.78, 5) is 16.6. The van der Waals surface area contributed by atoms with Crippen molar-refractivity contribution in [1.82, 2.24) is 4.98 Å². The first-order chi connectivity index (χ1) is 10.4. The molecule has 1 heterocycles. The molecular weight excluding hydrogens is 316 g/mol. The number of hydrogen-bond acceptors (Lipinski definition) is 3. The molecule has 116 valence electrons. The molecule has 0 aliphatic rings. The van der Waals surface area contributed by atoms with Crippen molar-refractivity contribution in [2.24, 2.45) is 0 Å². The van der Waals surface area contributed by atoms with Crippen LogP contribution in [0, 0.1) is 20.8 Å². The number of hydrogen-bond donors (Lipinski definition) is 1. The Morgan fingerprint density at radius 1 is 1.27 bits per heavy atom. The van der Waals surface area contributed by atoms with Gasteiger partial charge in [0.2, 0.25) is 5.91 Å². The first-order valence-electron chi connectivity index (χ1n) is 7.04. The number of nitrogens with zero attached hydrogens (tertiary/aromatic N) is 1. The number of rotatable bonds is 4. The van der Waals surface area contributed by atoms with Crippen LogP contribution >= 0.6 is 23.4 Å². The van der Waals surface area contributed by atoms with Crippen LogP contribution in [0.4, 0.5) is 5.69 Å². The van der Waals surface area contributed by atoms with E-state index in [1.54, 1.807) is 18.3 Å². The first kappa shape index (κ1) is 16.8. The molecule has 1 unspecified atom stereocenters. The quantitative estimate of drug-likeness (QED) is 0.818. The van der Waals surface area contributed by atoms with Gasteiger partial charge < -0.3 is 5.32 Å². The molecule has 1 N–H and O–H groups in total. The Bertz CT molecular complexity index is 680. The molecule has 3 nitrogen and oxygen atoms in total. The molecule has 22 heavy (non-hydrogen) atoms. The lowest BCUT2D eigenvalue weighted by atomic mass is 10.1. The molecule has 1 atom stereocenters. The summed E-state index contributed by atoms with van der Waals surface area (Å²) in [5, 5.41) is 3.97. The molecule has 1 aromatic carbocycles. The van der Waals surface area contributed by atoms with E-state index in [1.807, 2.05) is 27.7 Å². The van der Waals surface area contributed by atoms with Gasteiger partial charge in [0.1, 0.15) is 5.03 Å². The Labute approximate surface area is 140 Å². The van der Waals surface area contributed by atoms with Gasteiger partial charge in [0.05, 0.1) is 10.3 Å². The molecule has 0 aliphatic heterocycles. The van der Waals surface area contributed by atoms with E-state index in [1.165, 1.54) is 17.3 Å². The second-order valence-electron chi connectivity index (χ2n) is 5.31. The summed E-state index contributed by atoms with van der Waals surface area (Å²) in [5.41, 5.74) is 4.21. The van der Waals surface area contributed by atoms with Crippen molar-refractivity contribution in [1.29, 1.82) is 0 Å². The molecule has 2 aromatic rings. The highest BCUT2D eigenvalue weighted by molar-refractivity contribution is 8.00. The smallest absolute Gasteiger partial charge is 0.237 e. The van der Waals surface area contributed by atoms with E-state index in [2.05, 4.69) is 22.4 Å². The number of benzene rings is 1. The molecule has 0 saturated carbocycles. The molecule has 1 amide bonds. The zero-order valence-electron chi connectivity index (χ0n) is 13.1. The Kier molecular flexibility index (Phi) is 5.48. The second kappa shape index (κ2) is 7.16. The van der Waals surface area contributed by atoms with Crippen molar-refractivity contribution >= 4 is 35.0 Å². The fourth-order valence-electron chi connectivity index (χ4n) is 2.28. The predicted octanol–water partition coefficient (Wildman–Crippen LogP) is 4.78. The number of amides is 1. The third-order valence-electron chi connectivity index (χ3n) is 3.31. The maximum atomic E-state index is 12.4. The number of aromatic nitrogens is 1. The SMILES string of the molecule is Cc1cc(C)c(NC(=O)C(C)Sc2ncccc2Cl)c(C)c1. The second-order valence-corrected chi connectivity index (χ2v) is 7.05. The summed E-state index contributed by atoms with van der Waals surface area (Å²) < 4.78 is 0. The Morgan fingerprint density at radius 3 is 2.50 bits per heavy atom. The van der Waals surface area contributed by atoms with Crippen LogP contribution in [0.3, 0.4) is 0 Å². The summed E-state index contributed by atoms with van der Waals surface area (Å²) in [6, 6.07) is 7.68. The maximum absolute atomic E-state index is 12.4. The zero-order valence-corrected chi connectivity index (χ0v) is 14.7. The van der Waals surface area contributed by atoms with Crippen molar-refractivity contribution < 1.29 is 4.79 Å². The van der Waals surface area contributed by atoms with Crippen LogP contribution in [0.1, 0.15) is 23.6 Å². The van der Waals surface area contributed by atoms with Gasteiger partial charge in [-0.3, -0.25) is 4.79 Å². The average Bonchev–Trinajstić information content (AvgIpc) is 2.45. The average molecular weight is 335 g/mol. The number of carbonyl (C=O) groups excluding carboxylic acids is 1.